The fourth-order valence-corrected chi connectivity index (χ4v) is 3.67. The lowest BCUT2D eigenvalue weighted by Gasteiger charge is -2.23. The van der Waals surface area contributed by atoms with Gasteiger partial charge in [0, 0.05) is 23.6 Å². The Morgan fingerprint density at radius 2 is 1.96 bits per heavy atom. The average molecular weight is 363 g/mol. The number of nitrogen functional groups attached to an aromatic ring is 1. The molecule has 1 heterocycles. The Labute approximate surface area is 158 Å². The number of nitrogens with one attached hydrogen (secondary N) is 1. The zero-order valence-corrected chi connectivity index (χ0v) is 15.6. The number of hydrogen-bond donors (Lipinski definition) is 2. The van der Waals surface area contributed by atoms with Crippen LogP contribution < -0.4 is 11.1 Å². The molecular formula is C21H22N4S. The molecule has 2 aromatic rings. The molecule has 1 atom stereocenters. The zero-order valence-electron chi connectivity index (χ0n) is 14.8. The lowest BCUT2D eigenvalue weighted by molar-refractivity contribution is 0.878. The van der Waals surface area contributed by atoms with Gasteiger partial charge in [-0.25, -0.2) is 4.99 Å². The van der Waals surface area contributed by atoms with Gasteiger partial charge in [0.05, 0.1) is 12.1 Å². The molecule has 1 aliphatic rings. The van der Waals surface area contributed by atoms with Gasteiger partial charge >= 0.3 is 0 Å². The fourth-order valence-electron chi connectivity index (χ4n) is 2.81. The largest absolute Gasteiger partial charge is 0.399 e. The van der Waals surface area contributed by atoms with E-state index in [4.69, 9.17) is 16.0 Å². The Kier molecular flexibility index (Phi) is 5.98. The maximum atomic E-state index is 8.71. The van der Waals surface area contributed by atoms with E-state index in [1.165, 1.54) is 11.1 Å². The lowest BCUT2D eigenvalue weighted by Crippen LogP contribution is -2.24. The number of rotatable bonds is 5. The highest BCUT2D eigenvalue weighted by Crippen LogP contribution is 2.30. The molecule has 1 aliphatic heterocycles. The summed E-state index contributed by atoms with van der Waals surface area (Å²) in [5.41, 5.74) is 11.1. The van der Waals surface area contributed by atoms with Gasteiger partial charge in [-0.15, -0.1) is 0 Å². The Balaban J connectivity index is 1.88. The van der Waals surface area contributed by atoms with Crippen molar-refractivity contribution in [2.45, 2.75) is 25.8 Å². The zero-order chi connectivity index (χ0) is 18.4. The fraction of sp³-hybridized carbons (Fsp3) is 0.238. The van der Waals surface area contributed by atoms with E-state index < -0.39 is 0 Å². The number of unbranched alkanes of at least 4 members (excludes halogenated alkanes) is 1. The average Bonchev–Trinajstić information content (AvgIpc) is 2.66. The Hall–Kier alpha value is -2.71. The monoisotopic (exact) mass is 362 g/mol. The number of aliphatic imine (C=N–C) groups is 1. The smallest absolute Gasteiger partial charge is 0.161 e. The number of thioether (sulfide) groups is 1. The summed E-state index contributed by atoms with van der Waals surface area (Å²) in [7, 11) is 0. The number of nitrogens with zero attached hydrogens (tertiary/aromatic N) is 2. The molecule has 0 saturated carbocycles. The molecule has 1 unspecified atom stereocenters. The highest BCUT2D eigenvalue weighted by molar-refractivity contribution is 8.13. The molecule has 0 radical (unpaired) electrons. The molecular weight excluding hydrogens is 340 g/mol. The first-order chi connectivity index (χ1) is 12.7. The number of amidine groups is 1. The molecule has 0 saturated heterocycles. The Bertz CT molecular complexity index is 862. The molecule has 0 fully saturated rings. The number of nitriles is 1. The summed E-state index contributed by atoms with van der Waals surface area (Å²) < 4.78 is 0. The molecule has 26 heavy (non-hydrogen) atoms. The third kappa shape index (κ3) is 4.47. The molecule has 132 valence electrons. The van der Waals surface area contributed by atoms with Crippen molar-refractivity contribution in [2.75, 3.05) is 11.5 Å². The van der Waals surface area contributed by atoms with Crippen LogP contribution in [0.1, 0.15) is 35.6 Å². The van der Waals surface area contributed by atoms with Gasteiger partial charge in [0.15, 0.2) is 5.17 Å². The standard InChI is InChI=1S/C21H22N4S/c1-15-6-2-3-7-18(15)20-14-19(16-8-10-17(23)11-9-16)24-21(25-20)26-13-5-4-12-22/h2-3,6-11,14,20H,4-5,13,23H2,1H3,(H,24,25). The van der Waals surface area contributed by atoms with Crippen LogP contribution in [0.5, 0.6) is 0 Å². The van der Waals surface area contributed by atoms with Gasteiger partial charge in [-0.05, 0) is 48.2 Å². The number of hydrogen-bond acceptors (Lipinski definition) is 5. The van der Waals surface area contributed by atoms with Gasteiger partial charge in [-0.2, -0.15) is 5.26 Å². The van der Waals surface area contributed by atoms with Crippen molar-refractivity contribution in [1.82, 2.24) is 5.32 Å². The second kappa shape index (κ2) is 8.59. The van der Waals surface area contributed by atoms with Gasteiger partial charge in [-0.1, -0.05) is 48.2 Å². The van der Waals surface area contributed by atoms with Crippen molar-refractivity contribution in [2.24, 2.45) is 4.99 Å². The van der Waals surface area contributed by atoms with Crippen molar-refractivity contribution in [3.05, 3.63) is 71.3 Å². The SMILES string of the molecule is Cc1ccccc1C1C=C(c2ccc(N)cc2)NC(SCCCC#N)=N1. The van der Waals surface area contributed by atoms with E-state index in [0.717, 1.165) is 34.3 Å². The molecule has 3 rings (SSSR count). The third-order valence-electron chi connectivity index (χ3n) is 4.22. The normalized spacial score (nSPS) is 16.2. The second-order valence-electron chi connectivity index (χ2n) is 6.17. The summed E-state index contributed by atoms with van der Waals surface area (Å²) >= 11 is 1.67. The molecule has 2 aromatic carbocycles. The van der Waals surface area contributed by atoms with Gasteiger partial charge in [-0.3, -0.25) is 0 Å². The van der Waals surface area contributed by atoms with Gasteiger partial charge in [0.2, 0.25) is 0 Å². The van der Waals surface area contributed by atoms with Crippen molar-refractivity contribution >= 4 is 28.3 Å². The highest BCUT2D eigenvalue weighted by atomic mass is 32.2. The quantitative estimate of drug-likeness (QED) is 0.599. The molecule has 3 N–H and O–H groups in total. The summed E-state index contributed by atoms with van der Waals surface area (Å²) in [6.07, 6.45) is 3.59. The minimum absolute atomic E-state index is 0.0246. The Morgan fingerprint density at radius 1 is 1.19 bits per heavy atom. The van der Waals surface area contributed by atoms with Crippen LogP contribution in [-0.2, 0) is 0 Å². The predicted molar refractivity (Wildman–Crippen MR) is 111 cm³/mol. The van der Waals surface area contributed by atoms with E-state index in [2.05, 4.69) is 42.6 Å². The van der Waals surface area contributed by atoms with Crippen LogP contribution >= 0.6 is 11.8 Å². The van der Waals surface area contributed by atoms with E-state index in [0.29, 0.717) is 6.42 Å². The summed E-state index contributed by atoms with van der Waals surface area (Å²) in [4.78, 5) is 4.89. The third-order valence-corrected chi connectivity index (χ3v) is 5.20. The van der Waals surface area contributed by atoms with Crippen LogP contribution in [0, 0.1) is 18.3 Å². The van der Waals surface area contributed by atoms with Crippen LogP contribution in [0.25, 0.3) is 5.70 Å². The van der Waals surface area contributed by atoms with Gasteiger partial charge in [0.1, 0.15) is 0 Å². The van der Waals surface area contributed by atoms with Crippen LogP contribution in [0.2, 0.25) is 0 Å². The van der Waals surface area contributed by atoms with Crippen LogP contribution in [-0.4, -0.2) is 10.9 Å². The number of anilines is 1. The maximum absolute atomic E-state index is 8.71. The van der Waals surface area contributed by atoms with Crippen molar-refractivity contribution in [3.8, 4) is 6.07 Å². The van der Waals surface area contributed by atoms with Gasteiger partial charge in [0.25, 0.3) is 0 Å². The molecule has 4 nitrogen and oxygen atoms in total. The van der Waals surface area contributed by atoms with Crippen LogP contribution in [0.3, 0.4) is 0 Å². The number of benzene rings is 2. The minimum Gasteiger partial charge on any atom is -0.399 e. The molecule has 0 bridgehead atoms. The Morgan fingerprint density at radius 3 is 2.69 bits per heavy atom. The molecule has 0 amide bonds. The van der Waals surface area contributed by atoms with Gasteiger partial charge < -0.3 is 11.1 Å². The molecule has 5 heteroatoms. The number of nitrogens with two attached hydrogens (primary N) is 1. The summed E-state index contributed by atoms with van der Waals surface area (Å²) in [5.74, 6) is 0.870. The summed E-state index contributed by atoms with van der Waals surface area (Å²) in [6.45, 7) is 2.11. The minimum atomic E-state index is -0.0246. The van der Waals surface area contributed by atoms with E-state index >= 15 is 0 Å². The van der Waals surface area contributed by atoms with E-state index in [9.17, 15) is 0 Å². The second-order valence-corrected chi connectivity index (χ2v) is 7.26. The van der Waals surface area contributed by atoms with E-state index in [-0.39, 0.29) is 6.04 Å². The number of aryl methyl sites for hydroxylation is 1. The predicted octanol–water partition coefficient (Wildman–Crippen LogP) is 4.66. The van der Waals surface area contributed by atoms with Crippen molar-refractivity contribution < 1.29 is 0 Å². The van der Waals surface area contributed by atoms with E-state index in [1.54, 1.807) is 11.8 Å². The van der Waals surface area contributed by atoms with E-state index in [1.807, 2.05) is 30.3 Å². The summed E-state index contributed by atoms with van der Waals surface area (Å²) in [5, 5.41) is 13.0. The first-order valence-corrected chi connectivity index (χ1v) is 9.64. The highest BCUT2D eigenvalue weighted by Gasteiger charge is 2.19. The topological polar surface area (TPSA) is 74.2 Å². The van der Waals surface area contributed by atoms with Crippen LogP contribution in [0.15, 0.2) is 59.6 Å². The molecule has 0 aromatic heterocycles. The molecule has 0 aliphatic carbocycles. The van der Waals surface area contributed by atoms with Crippen LogP contribution in [0.4, 0.5) is 5.69 Å². The summed E-state index contributed by atoms with van der Waals surface area (Å²) in [6, 6.07) is 18.4. The maximum Gasteiger partial charge on any atom is 0.161 e. The van der Waals surface area contributed by atoms with Crippen molar-refractivity contribution in [1.29, 1.82) is 5.26 Å². The van der Waals surface area contributed by atoms with Crippen molar-refractivity contribution in [3.63, 3.8) is 0 Å². The molecule has 0 spiro atoms. The first kappa shape index (κ1) is 18.1. The first-order valence-electron chi connectivity index (χ1n) is 8.65. The lowest BCUT2D eigenvalue weighted by atomic mass is 9.98.